The van der Waals surface area contributed by atoms with Gasteiger partial charge in [-0.15, -0.1) is 0 Å². The van der Waals surface area contributed by atoms with E-state index in [2.05, 4.69) is 14.9 Å². The molecule has 0 atom stereocenters. The van der Waals surface area contributed by atoms with Gasteiger partial charge in [-0.1, -0.05) is 0 Å². The van der Waals surface area contributed by atoms with Crippen LogP contribution in [-0.2, 0) is 12.8 Å². The molecular formula is C11H15N3. The average molecular weight is 189 g/mol. The van der Waals surface area contributed by atoms with Gasteiger partial charge in [-0.25, -0.2) is 9.97 Å². The Morgan fingerprint density at radius 1 is 1.07 bits per heavy atom. The fourth-order valence-electron chi connectivity index (χ4n) is 2.37. The third-order valence-corrected chi connectivity index (χ3v) is 3.19. The van der Waals surface area contributed by atoms with Gasteiger partial charge in [-0.2, -0.15) is 0 Å². The lowest BCUT2D eigenvalue weighted by atomic mass is 10.3. The zero-order chi connectivity index (χ0) is 9.38. The summed E-state index contributed by atoms with van der Waals surface area (Å²) in [6.45, 7) is 2.28. The van der Waals surface area contributed by atoms with Crippen LogP contribution >= 0.6 is 0 Å². The Kier molecular flexibility index (Phi) is 1.89. The largest absolute Gasteiger partial charge is 0.341 e. The molecule has 1 fully saturated rings. The molecule has 3 rings (SSSR count). The number of fused-ring (bicyclic) bond motifs is 1. The van der Waals surface area contributed by atoms with Crippen LogP contribution in [0.5, 0.6) is 0 Å². The van der Waals surface area contributed by atoms with Gasteiger partial charge in [-0.05, 0) is 37.7 Å². The van der Waals surface area contributed by atoms with Gasteiger partial charge in [0.1, 0.15) is 0 Å². The van der Waals surface area contributed by atoms with Crippen molar-refractivity contribution >= 4 is 5.95 Å². The van der Waals surface area contributed by atoms with Crippen molar-refractivity contribution in [2.24, 2.45) is 0 Å². The summed E-state index contributed by atoms with van der Waals surface area (Å²) in [5.74, 6) is 0.961. The fourth-order valence-corrected chi connectivity index (χ4v) is 2.37. The first-order valence-electron chi connectivity index (χ1n) is 5.53. The highest BCUT2D eigenvalue weighted by Gasteiger charge is 2.18. The molecule has 0 N–H and O–H groups in total. The van der Waals surface area contributed by atoms with Crippen molar-refractivity contribution in [3.05, 3.63) is 17.5 Å². The van der Waals surface area contributed by atoms with Crippen LogP contribution in [0.2, 0.25) is 0 Å². The van der Waals surface area contributed by atoms with Gasteiger partial charge >= 0.3 is 0 Å². The van der Waals surface area contributed by atoms with Gasteiger partial charge in [0.05, 0.1) is 0 Å². The van der Waals surface area contributed by atoms with Crippen molar-refractivity contribution < 1.29 is 0 Å². The maximum absolute atomic E-state index is 4.65. The molecule has 0 spiro atoms. The van der Waals surface area contributed by atoms with Crippen LogP contribution in [0.25, 0.3) is 0 Å². The van der Waals surface area contributed by atoms with E-state index in [1.165, 1.54) is 36.9 Å². The molecule has 0 amide bonds. The number of nitrogens with zero attached hydrogens (tertiary/aromatic N) is 3. The maximum Gasteiger partial charge on any atom is 0.225 e. The van der Waals surface area contributed by atoms with E-state index in [-0.39, 0.29) is 0 Å². The molecule has 1 saturated heterocycles. The summed E-state index contributed by atoms with van der Waals surface area (Å²) in [5, 5.41) is 0. The van der Waals surface area contributed by atoms with Gasteiger partial charge in [0.2, 0.25) is 5.95 Å². The number of rotatable bonds is 1. The molecule has 0 saturated carbocycles. The Morgan fingerprint density at radius 2 is 1.93 bits per heavy atom. The molecule has 0 bridgehead atoms. The summed E-state index contributed by atoms with van der Waals surface area (Å²) in [6.07, 6.45) is 8.20. The smallest absolute Gasteiger partial charge is 0.225 e. The van der Waals surface area contributed by atoms with Gasteiger partial charge in [0.15, 0.2) is 0 Å². The standard InChI is InChI=1S/C11H15N3/c1-2-7-14(6-1)11-12-8-9-4-3-5-10(9)13-11/h8H,1-7H2. The molecule has 1 aliphatic carbocycles. The molecule has 14 heavy (non-hydrogen) atoms. The second kappa shape index (κ2) is 3.23. The third kappa shape index (κ3) is 1.27. The quantitative estimate of drug-likeness (QED) is 0.671. The second-order valence-electron chi connectivity index (χ2n) is 4.19. The topological polar surface area (TPSA) is 29.0 Å². The summed E-state index contributed by atoms with van der Waals surface area (Å²) in [6, 6.07) is 0. The Balaban J connectivity index is 1.91. The van der Waals surface area contributed by atoms with E-state index in [4.69, 9.17) is 0 Å². The number of aromatic nitrogens is 2. The van der Waals surface area contributed by atoms with E-state index in [9.17, 15) is 0 Å². The first kappa shape index (κ1) is 8.21. The lowest BCUT2D eigenvalue weighted by Gasteiger charge is -2.15. The van der Waals surface area contributed by atoms with E-state index >= 15 is 0 Å². The first-order valence-corrected chi connectivity index (χ1v) is 5.53. The monoisotopic (exact) mass is 189 g/mol. The number of aryl methyl sites for hydroxylation is 2. The number of anilines is 1. The van der Waals surface area contributed by atoms with E-state index in [1.807, 2.05) is 6.20 Å². The summed E-state index contributed by atoms with van der Waals surface area (Å²) >= 11 is 0. The predicted molar refractivity (Wildman–Crippen MR) is 55.5 cm³/mol. The maximum atomic E-state index is 4.65. The molecule has 1 aromatic rings. The molecule has 74 valence electrons. The molecule has 1 aromatic heterocycles. The van der Waals surface area contributed by atoms with Gasteiger partial charge in [0, 0.05) is 25.0 Å². The van der Waals surface area contributed by atoms with Crippen LogP contribution in [0.1, 0.15) is 30.5 Å². The van der Waals surface area contributed by atoms with Crippen molar-refractivity contribution in [3.8, 4) is 0 Å². The fraction of sp³-hybridized carbons (Fsp3) is 0.636. The minimum atomic E-state index is 0.961. The molecule has 3 nitrogen and oxygen atoms in total. The molecule has 2 aliphatic rings. The summed E-state index contributed by atoms with van der Waals surface area (Å²) in [7, 11) is 0. The normalized spacial score (nSPS) is 20.1. The Labute approximate surface area is 84.2 Å². The minimum absolute atomic E-state index is 0.961. The van der Waals surface area contributed by atoms with E-state index < -0.39 is 0 Å². The van der Waals surface area contributed by atoms with E-state index in [0.717, 1.165) is 25.5 Å². The van der Waals surface area contributed by atoms with Crippen molar-refractivity contribution in [1.82, 2.24) is 9.97 Å². The van der Waals surface area contributed by atoms with Crippen molar-refractivity contribution in [3.63, 3.8) is 0 Å². The Morgan fingerprint density at radius 3 is 2.79 bits per heavy atom. The van der Waals surface area contributed by atoms with E-state index in [1.54, 1.807) is 0 Å². The zero-order valence-electron chi connectivity index (χ0n) is 8.37. The third-order valence-electron chi connectivity index (χ3n) is 3.19. The highest BCUT2D eigenvalue weighted by molar-refractivity contribution is 5.35. The van der Waals surface area contributed by atoms with Crippen LogP contribution < -0.4 is 4.90 Å². The highest BCUT2D eigenvalue weighted by Crippen LogP contribution is 2.22. The van der Waals surface area contributed by atoms with Gasteiger partial charge in [-0.3, -0.25) is 0 Å². The molecule has 1 aliphatic heterocycles. The second-order valence-corrected chi connectivity index (χ2v) is 4.19. The lowest BCUT2D eigenvalue weighted by Crippen LogP contribution is -2.20. The zero-order valence-corrected chi connectivity index (χ0v) is 8.37. The Bertz CT molecular complexity index is 342. The van der Waals surface area contributed by atoms with Crippen LogP contribution in [-0.4, -0.2) is 23.1 Å². The van der Waals surface area contributed by atoms with Crippen molar-refractivity contribution in [2.45, 2.75) is 32.1 Å². The van der Waals surface area contributed by atoms with Crippen LogP contribution in [0.4, 0.5) is 5.95 Å². The summed E-state index contributed by atoms with van der Waals surface area (Å²) in [5.41, 5.74) is 2.66. The minimum Gasteiger partial charge on any atom is -0.341 e. The van der Waals surface area contributed by atoms with E-state index in [0.29, 0.717) is 0 Å². The summed E-state index contributed by atoms with van der Waals surface area (Å²) < 4.78 is 0. The SMILES string of the molecule is c1nc(N2CCCC2)nc2c1CCC2. The van der Waals surface area contributed by atoms with Crippen LogP contribution in [0, 0.1) is 0 Å². The first-order chi connectivity index (χ1) is 6.93. The molecular weight excluding hydrogens is 174 g/mol. The average Bonchev–Trinajstić information content (AvgIpc) is 2.88. The van der Waals surface area contributed by atoms with Gasteiger partial charge in [0.25, 0.3) is 0 Å². The van der Waals surface area contributed by atoms with Crippen LogP contribution in [0.15, 0.2) is 6.20 Å². The lowest BCUT2D eigenvalue weighted by molar-refractivity contribution is 0.871. The molecule has 0 aromatic carbocycles. The van der Waals surface area contributed by atoms with Crippen LogP contribution in [0.3, 0.4) is 0 Å². The van der Waals surface area contributed by atoms with Crippen molar-refractivity contribution in [1.29, 1.82) is 0 Å². The molecule has 2 heterocycles. The Hall–Kier alpha value is -1.12. The highest BCUT2D eigenvalue weighted by atomic mass is 15.3. The molecule has 0 unspecified atom stereocenters. The van der Waals surface area contributed by atoms with Crippen molar-refractivity contribution in [2.75, 3.05) is 18.0 Å². The summed E-state index contributed by atoms with van der Waals surface area (Å²) in [4.78, 5) is 11.4. The predicted octanol–water partition coefficient (Wildman–Crippen LogP) is 1.57. The molecule has 3 heteroatoms. The number of hydrogen-bond donors (Lipinski definition) is 0. The number of hydrogen-bond acceptors (Lipinski definition) is 3. The molecule has 0 radical (unpaired) electrons. The van der Waals surface area contributed by atoms with Gasteiger partial charge < -0.3 is 4.90 Å².